The van der Waals surface area contributed by atoms with Gasteiger partial charge in [-0.1, -0.05) is 46.9 Å². The minimum absolute atomic E-state index is 0.354. The summed E-state index contributed by atoms with van der Waals surface area (Å²) in [6, 6.07) is 17.1. The van der Waals surface area contributed by atoms with E-state index in [4.69, 9.17) is 44.5 Å². The van der Waals surface area contributed by atoms with Crippen molar-refractivity contribution in [3.05, 3.63) is 92.9 Å². The monoisotopic (exact) mass is 431 g/mol. The summed E-state index contributed by atoms with van der Waals surface area (Å²) in [6.45, 7) is 1.33. The largest absolute Gasteiger partial charge is 0.369 e. The van der Waals surface area contributed by atoms with Crippen LogP contribution in [0.1, 0.15) is 17.0 Å². The number of nitrogens with zero attached hydrogens (tertiary/aromatic N) is 3. The SMILES string of the molecule is Clc1ccc(Cl)c(Cn2c(COCc3ccnc(Cl)c3)nc3ccccc32)c1. The highest BCUT2D eigenvalue weighted by Gasteiger charge is 2.13. The van der Waals surface area contributed by atoms with Crippen LogP contribution in [0.3, 0.4) is 0 Å². The first-order valence-electron chi connectivity index (χ1n) is 8.66. The van der Waals surface area contributed by atoms with Gasteiger partial charge in [-0.05, 0) is 53.6 Å². The molecule has 4 rings (SSSR count). The Labute approximate surface area is 177 Å². The van der Waals surface area contributed by atoms with Gasteiger partial charge < -0.3 is 9.30 Å². The summed E-state index contributed by atoms with van der Waals surface area (Å²) in [5.41, 5.74) is 3.82. The highest BCUT2D eigenvalue weighted by atomic mass is 35.5. The molecule has 0 saturated carbocycles. The summed E-state index contributed by atoms with van der Waals surface area (Å²) in [6.07, 6.45) is 1.66. The molecule has 2 aromatic heterocycles. The summed E-state index contributed by atoms with van der Waals surface area (Å²) >= 11 is 18.5. The van der Waals surface area contributed by atoms with Crippen LogP contribution in [0.25, 0.3) is 11.0 Å². The van der Waals surface area contributed by atoms with E-state index in [1.807, 2.05) is 42.5 Å². The second-order valence-electron chi connectivity index (χ2n) is 6.32. The Hall–Kier alpha value is -2.11. The average molecular weight is 433 g/mol. The van der Waals surface area contributed by atoms with Gasteiger partial charge in [0, 0.05) is 16.2 Å². The van der Waals surface area contributed by atoms with Gasteiger partial charge >= 0.3 is 0 Å². The molecule has 0 atom stereocenters. The molecule has 0 N–H and O–H groups in total. The molecule has 2 heterocycles. The minimum Gasteiger partial charge on any atom is -0.369 e. The van der Waals surface area contributed by atoms with Crippen LogP contribution < -0.4 is 0 Å². The fraction of sp³-hybridized carbons (Fsp3) is 0.143. The third kappa shape index (κ3) is 4.31. The zero-order valence-electron chi connectivity index (χ0n) is 14.8. The molecule has 0 unspecified atom stereocenters. The Bertz CT molecular complexity index is 1130. The molecular weight excluding hydrogens is 417 g/mol. The molecule has 142 valence electrons. The third-order valence-electron chi connectivity index (χ3n) is 4.36. The van der Waals surface area contributed by atoms with Crippen molar-refractivity contribution in [2.24, 2.45) is 0 Å². The zero-order chi connectivity index (χ0) is 19.5. The summed E-state index contributed by atoms with van der Waals surface area (Å²) in [5.74, 6) is 0.817. The Balaban J connectivity index is 1.60. The van der Waals surface area contributed by atoms with Crippen molar-refractivity contribution in [1.29, 1.82) is 0 Å². The topological polar surface area (TPSA) is 39.9 Å². The lowest BCUT2D eigenvalue weighted by molar-refractivity contribution is 0.0998. The predicted octanol–water partition coefficient (Wildman–Crippen LogP) is 6.16. The van der Waals surface area contributed by atoms with Crippen molar-refractivity contribution in [2.45, 2.75) is 19.8 Å². The Morgan fingerprint density at radius 3 is 2.64 bits per heavy atom. The van der Waals surface area contributed by atoms with Crippen LogP contribution in [-0.4, -0.2) is 14.5 Å². The number of rotatable bonds is 6. The lowest BCUT2D eigenvalue weighted by atomic mass is 10.2. The van der Waals surface area contributed by atoms with E-state index in [0.717, 1.165) is 28.0 Å². The van der Waals surface area contributed by atoms with Crippen LogP contribution in [0, 0.1) is 0 Å². The van der Waals surface area contributed by atoms with Gasteiger partial charge in [0.05, 0.1) is 24.2 Å². The number of ether oxygens (including phenoxy) is 1. The molecule has 0 aliphatic rings. The van der Waals surface area contributed by atoms with Gasteiger partial charge in [0.15, 0.2) is 0 Å². The number of hydrogen-bond acceptors (Lipinski definition) is 3. The van der Waals surface area contributed by atoms with E-state index in [-0.39, 0.29) is 0 Å². The predicted molar refractivity (Wildman–Crippen MR) is 113 cm³/mol. The van der Waals surface area contributed by atoms with E-state index in [9.17, 15) is 0 Å². The molecule has 0 bridgehead atoms. The fourth-order valence-electron chi connectivity index (χ4n) is 3.04. The highest BCUT2D eigenvalue weighted by molar-refractivity contribution is 6.33. The molecule has 0 aliphatic heterocycles. The van der Waals surface area contributed by atoms with Gasteiger partial charge in [0.1, 0.15) is 17.6 Å². The van der Waals surface area contributed by atoms with Gasteiger partial charge in [-0.2, -0.15) is 0 Å². The minimum atomic E-state index is 0.354. The maximum Gasteiger partial charge on any atom is 0.136 e. The first-order chi connectivity index (χ1) is 13.6. The summed E-state index contributed by atoms with van der Waals surface area (Å²) in [4.78, 5) is 8.71. The third-order valence-corrected chi connectivity index (χ3v) is 5.17. The van der Waals surface area contributed by atoms with Crippen molar-refractivity contribution in [2.75, 3.05) is 0 Å². The number of pyridine rings is 1. The van der Waals surface area contributed by atoms with Gasteiger partial charge in [-0.15, -0.1) is 0 Å². The first kappa shape index (κ1) is 19.2. The molecule has 7 heteroatoms. The maximum atomic E-state index is 6.37. The van der Waals surface area contributed by atoms with Crippen molar-refractivity contribution in [3.8, 4) is 0 Å². The fourth-order valence-corrected chi connectivity index (χ4v) is 3.61. The van der Waals surface area contributed by atoms with E-state index >= 15 is 0 Å². The second kappa shape index (κ2) is 8.50. The van der Waals surface area contributed by atoms with E-state index in [0.29, 0.717) is 35.0 Å². The van der Waals surface area contributed by atoms with Crippen molar-refractivity contribution in [3.63, 3.8) is 0 Å². The van der Waals surface area contributed by atoms with Crippen LogP contribution >= 0.6 is 34.8 Å². The lowest BCUT2D eigenvalue weighted by Gasteiger charge is -2.12. The average Bonchev–Trinajstić information content (AvgIpc) is 3.02. The van der Waals surface area contributed by atoms with E-state index in [1.165, 1.54) is 0 Å². The van der Waals surface area contributed by atoms with Crippen molar-refractivity contribution >= 4 is 45.8 Å². The number of aromatic nitrogens is 3. The number of imidazole rings is 1. The Kier molecular flexibility index (Phi) is 5.83. The molecule has 0 saturated heterocycles. The molecular formula is C21H16Cl3N3O. The van der Waals surface area contributed by atoms with Crippen molar-refractivity contribution in [1.82, 2.24) is 14.5 Å². The standard InChI is InChI=1S/C21H16Cl3N3O/c22-16-5-6-17(23)15(10-16)11-27-19-4-2-1-3-18(19)26-21(27)13-28-12-14-7-8-25-20(24)9-14/h1-10H,11-13H2. The van der Waals surface area contributed by atoms with Crippen LogP contribution in [0.4, 0.5) is 0 Å². The van der Waals surface area contributed by atoms with E-state index < -0.39 is 0 Å². The van der Waals surface area contributed by atoms with Crippen LogP contribution in [0.5, 0.6) is 0 Å². The summed E-state index contributed by atoms with van der Waals surface area (Å²) in [7, 11) is 0. The van der Waals surface area contributed by atoms with Gasteiger partial charge in [0.25, 0.3) is 0 Å². The number of fused-ring (bicyclic) bond motifs is 1. The zero-order valence-corrected chi connectivity index (χ0v) is 17.0. The quantitative estimate of drug-likeness (QED) is 0.343. The van der Waals surface area contributed by atoms with Crippen LogP contribution in [0.15, 0.2) is 60.8 Å². The molecule has 4 nitrogen and oxygen atoms in total. The normalized spacial score (nSPS) is 11.2. The molecule has 2 aromatic carbocycles. The molecule has 0 aliphatic carbocycles. The van der Waals surface area contributed by atoms with Gasteiger partial charge in [-0.3, -0.25) is 0 Å². The summed E-state index contributed by atoms with van der Waals surface area (Å²) in [5, 5.41) is 1.76. The molecule has 0 amide bonds. The Morgan fingerprint density at radius 1 is 0.929 bits per heavy atom. The molecule has 0 spiro atoms. The first-order valence-corrected chi connectivity index (χ1v) is 9.80. The number of hydrogen-bond donors (Lipinski definition) is 0. The van der Waals surface area contributed by atoms with Crippen LogP contribution in [-0.2, 0) is 24.5 Å². The number of para-hydroxylation sites is 2. The van der Waals surface area contributed by atoms with Crippen molar-refractivity contribution < 1.29 is 4.74 Å². The van der Waals surface area contributed by atoms with Gasteiger partial charge in [0.2, 0.25) is 0 Å². The number of halogens is 3. The van der Waals surface area contributed by atoms with E-state index in [1.54, 1.807) is 18.3 Å². The van der Waals surface area contributed by atoms with Crippen LogP contribution in [0.2, 0.25) is 15.2 Å². The van der Waals surface area contributed by atoms with Gasteiger partial charge in [-0.25, -0.2) is 9.97 Å². The molecule has 0 fully saturated rings. The lowest BCUT2D eigenvalue weighted by Crippen LogP contribution is -2.07. The highest BCUT2D eigenvalue weighted by Crippen LogP contribution is 2.25. The maximum absolute atomic E-state index is 6.37. The smallest absolute Gasteiger partial charge is 0.136 e. The van der Waals surface area contributed by atoms with E-state index in [2.05, 4.69) is 9.55 Å². The Morgan fingerprint density at radius 2 is 1.79 bits per heavy atom. The molecule has 28 heavy (non-hydrogen) atoms. The molecule has 0 radical (unpaired) electrons. The summed E-state index contributed by atoms with van der Waals surface area (Å²) < 4.78 is 8.00. The number of benzene rings is 2. The second-order valence-corrected chi connectivity index (χ2v) is 7.55. The molecule has 4 aromatic rings.